The van der Waals surface area contributed by atoms with Crippen LogP contribution < -0.4 is 0 Å². The summed E-state index contributed by atoms with van der Waals surface area (Å²) in [6.45, 7) is 1.81. The summed E-state index contributed by atoms with van der Waals surface area (Å²) in [6, 6.07) is 10.3. The van der Waals surface area contributed by atoms with E-state index in [-0.39, 0.29) is 12.0 Å². The maximum atomic E-state index is 12.3. The summed E-state index contributed by atoms with van der Waals surface area (Å²) in [5.74, 6) is -1.20. The van der Waals surface area contributed by atoms with E-state index in [2.05, 4.69) is 12.1 Å². The first kappa shape index (κ1) is 16.0. The average Bonchev–Trinajstić information content (AvgIpc) is 3.25. The van der Waals surface area contributed by atoms with Crippen LogP contribution in [0.1, 0.15) is 31.2 Å². The van der Waals surface area contributed by atoms with Gasteiger partial charge in [0.15, 0.2) is 0 Å². The van der Waals surface area contributed by atoms with E-state index in [9.17, 15) is 14.7 Å². The first-order valence-electron chi connectivity index (χ1n) is 8.30. The molecule has 2 aliphatic rings. The highest BCUT2D eigenvalue weighted by Gasteiger charge is 2.59. The van der Waals surface area contributed by atoms with Crippen molar-refractivity contribution in [1.29, 1.82) is 0 Å². The van der Waals surface area contributed by atoms with Gasteiger partial charge >= 0.3 is 5.97 Å². The predicted molar refractivity (Wildman–Crippen MR) is 85.0 cm³/mol. The second-order valence-corrected chi connectivity index (χ2v) is 6.51. The number of amides is 1. The molecular formula is C18H23NO4. The van der Waals surface area contributed by atoms with Crippen LogP contribution in [-0.2, 0) is 20.7 Å². The van der Waals surface area contributed by atoms with Crippen molar-refractivity contribution in [2.45, 2.75) is 38.2 Å². The van der Waals surface area contributed by atoms with E-state index in [1.807, 2.05) is 18.2 Å². The number of carbonyl (C=O) groups is 2. The summed E-state index contributed by atoms with van der Waals surface area (Å²) in [7, 11) is 0. The number of rotatable bonds is 7. The highest BCUT2D eigenvalue weighted by atomic mass is 16.5. The third-order valence-corrected chi connectivity index (χ3v) is 4.81. The summed E-state index contributed by atoms with van der Waals surface area (Å²) < 4.78 is 5.86. The van der Waals surface area contributed by atoms with E-state index < -0.39 is 11.4 Å². The normalized spacial score (nSPS) is 22.1. The first-order chi connectivity index (χ1) is 11.1. The molecule has 1 saturated heterocycles. The molecule has 1 N–H and O–H groups in total. The molecule has 1 unspecified atom stereocenters. The van der Waals surface area contributed by atoms with E-state index >= 15 is 0 Å². The second-order valence-electron chi connectivity index (χ2n) is 6.51. The molecule has 0 spiro atoms. The lowest BCUT2D eigenvalue weighted by atomic mass is 10.1. The van der Waals surface area contributed by atoms with Crippen molar-refractivity contribution in [1.82, 2.24) is 4.90 Å². The third-order valence-electron chi connectivity index (χ3n) is 4.81. The number of aryl methyl sites for hydroxylation is 1. The van der Waals surface area contributed by atoms with Crippen LogP contribution in [0.25, 0.3) is 0 Å². The first-order valence-corrected chi connectivity index (χ1v) is 8.30. The molecule has 0 bridgehead atoms. The van der Waals surface area contributed by atoms with Gasteiger partial charge in [-0.05, 0) is 37.7 Å². The Morgan fingerprint density at radius 3 is 2.65 bits per heavy atom. The number of benzene rings is 1. The maximum Gasteiger partial charge on any atom is 0.319 e. The van der Waals surface area contributed by atoms with Crippen LogP contribution >= 0.6 is 0 Å². The minimum absolute atomic E-state index is 0.0410. The van der Waals surface area contributed by atoms with Crippen LogP contribution in [0.5, 0.6) is 0 Å². The standard InChI is InChI=1S/C18H23NO4/c20-16(18(9-10-18)17(21)22)19-11-8-15(13-19)23-12-4-7-14-5-2-1-3-6-14/h1-3,5-6,15H,4,7-13H2,(H,21,22). The fourth-order valence-corrected chi connectivity index (χ4v) is 3.17. The van der Waals surface area contributed by atoms with Gasteiger partial charge in [0.2, 0.25) is 5.91 Å². The van der Waals surface area contributed by atoms with Crippen LogP contribution in [0, 0.1) is 5.41 Å². The van der Waals surface area contributed by atoms with Gasteiger partial charge in [-0.3, -0.25) is 9.59 Å². The SMILES string of the molecule is O=C(O)C1(C(=O)N2CCC(OCCCc3ccccc3)C2)CC1. The van der Waals surface area contributed by atoms with Crippen LogP contribution in [-0.4, -0.2) is 47.7 Å². The zero-order valence-electron chi connectivity index (χ0n) is 13.2. The minimum Gasteiger partial charge on any atom is -0.480 e. The zero-order valence-corrected chi connectivity index (χ0v) is 13.2. The fourth-order valence-electron chi connectivity index (χ4n) is 3.17. The Balaban J connectivity index is 1.39. The summed E-state index contributed by atoms with van der Waals surface area (Å²) in [5.41, 5.74) is 0.179. The van der Waals surface area contributed by atoms with E-state index in [1.54, 1.807) is 4.90 Å². The largest absolute Gasteiger partial charge is 0.480 e. The number of aliphatic carboxylic acids is 1. The molecule has 1 saturated carbocycles. The van der Waals surface area contributed by atoms with Crippen molar-refractivity contribution in [3.05, 3.63) is 35.9 Å². The fraction of sp³-hybridized carbons (Fsp3) is 0.556. The summed E-state index contributed by atoms with van der Waals surface area (Å²) in [6.07, 6.45) is 3.72. The molecule has 2 fully saturated rings. The van der Waals surface area contributed by atoms with Crippen molar-refractivity contribution in [2.24, 2.45) is 5.41 Å². The van der Waals surface area contributed by atoms with Gasteiger partial charge in [-0.1, -0.05) is 30.3 Å². The Hall–Kier alpha value is -1.88. The molecule has 3 rings (SSSR count). The molecule has 124 valence electrons. The van der Waals surface area contributed by atoms with Gasteiger partial charge in [0.1, 0.15) is 5.41 Å². The number of carbonyl (C=O) groups excluding carboxylic acids is 1. The molecule has 1 amide bonds. The van der Waals surface area contributed by atoms with Gasteiger partial charge in [-0.25, -0.2) is 0 Å². The average molecular weight is 317 g/mol. The van der Waals surface area contributed by atoms with Crippen LogP contribution in [0.2, 0.25) is 0 Å². The maximum absolute atomic E-state index is 12.3. The second kappa shape index (κ2) is 6.71. The summed E-state index contributed by atoms with van der Waals surface area (Å²) in [5, 5.41) is 9.20. The number of hydrogen-bond donors (Lipinski definition) is 1. The highest BCUT2D eigenvalue weighted by Crippen LogP contribution is 2.48. The topological polar surface area (TPSA) is 66.8 Å². The molecule has 1 aromatic rings. The predicted octanol–water partition coefficient (Wildman–Crippen LogP) is 2.10. The Morgan fingerprint density at radius 1 is 1.26 bits per heavy atom. The van der Waals surface area contributed by atoms with Crippen molar-refractivity contribution in [3.8, 4) is 0 Å². The van der Waals surface area contributed by atoms with Crippen molar-refractivity contribution in [3.63, 3.8) is 0 Å². The van der Waals surface area contributed by atoms with Gasteiger partial charge in [0.05, 0.1) is 6.10 Å². The van der Waals surface area contributed by atoms with Gasteiger partial charge < -0.3 is 14.7 Å². The number of carboxylic acid groups (broad SMARTS) is 1. The minimum atomic E-state index is -1.12. The molecule has 0 aromatic heterocycles. The number of nitrogens with zero attached hydrogens (tertiary/aromatic N) is 1. The lowest BCUT2D eigenvalue weighted by molar-refractivity contribution is -0.153. The molecule has 5 heteroatoms. The highest BCUT2D eigenvalue weighted by molar-refractivity contribution is 6.04. The van der Waals surface area contributed by atoms with Crippen LogP contribution in [0.4, 0.5) is 0 Å². The molecule has 1 heterocycles. The Bertz CT molecular complexity index is 568. The van der Waals surface area contributed by atoms with Gasteiger partial charge in [0, 0.05) is 19.7 Å². The Morgan fingerprint density at radius 2 is 2.00 bits per heavy atom. The molecule has 1 aliphatic carbocycles. The molecule has 0 radical (unpaired) electrons. The Labute approximate surface area is 136 Å². The quantitative estimate of drug-likeness (QED) is 0.618. The molecule has 23 heavy (non-hydrogen) atoms. The zero-order chi connectivity index (χ0) is 16.3. The van der Waals surface area contributed by atoms with E-state index in [1.165, 1.54) is 5.56 Å². The molecule has 5 nitrogen and oxygen atoms in total. The summed E-state index contributed by atoms with van der Waals surface area (Å²) >= 11 is 0. The third kappa shape index (κ3) is 3.55. The number of ether oxygens (including phenoxy) is 1. The smallest absolute Gasteiger partial charge is 0.319 e. The van der Waals surface area contributed by atoms with Crippen LogP contribution in [0.3, 0.4) is 0 Å². The molecule has 1 atom stereocenters. The van der Waals surface area contributed by atoms with Gasteiger partial charge in [-0.2, -0.15) is 0 Å². The number of likely N-dealkylation sites (tertiary alicyclic amines) is 1. The molecule has 1 aromatic carbocycles. The van der Waals surface area contributed by atoms with Crippen LogP contribution in [0.15, 0.2) is 30.3 Å². The molecular weight excluding hydrogens is 294 g/mol. The van der Waals surface area contributed by atoms with Gasteiger partial charge in [-0.15, -0.1) is 0 Å². The van der Waals surface area contributed by atoms with E-state index in [0.29, 0.717) is 32.5 Å². The lowest BCUT2D eigenvalue weighted by Gasteiger charge is -2.20. The van der Waals surface area contributed by atoms with E-state index in [4.69, 9.17) is 4.74 Å². The monoisotopic (exact) mass is 317 g/mol. The summed E-state index contributed by atoms with van der Waals surface area (Å²) in [4.78, 5) is 25.2. The van der Waals surface area contributed by atoms with Crippen molar-refractivity contribution in [2.75, 3.05) is 19.7 Å². The van der Waals surface area contributed by atoms with E-state index in [0.717, 1.165) is 19.3 Å². The lowest BCUT2D eigenvalue weighted by Crippen LogP contribution is -2.40. The van der Waals surface area contributed by atoms with Crippen molar-refractivity contribution >= 4 is 11.9 Å². The van der Waals surface area contributed by atoms with Gasteiger partial charge in [0.25, 0.3) is 0 Å². The number of hydrogen-bond acceptors (Lipinski definition) is 3. The number of carboxylic acids is 1. The molecule has 1 aliphatic heterocycles. The Kier molecular flexibility index (Phi) is 4.66. The van der Waals surface area contributed by atoms with Crippen molar-refractivity contribution < 1.29 is 19.4 Å².